The number of rotatable bonds is 11. The molecule has 0 unspecified atom stereocenters. The SMILES string of the molecule is CCOc1ccc(S(=O)(=O)N(CC(=O)N/N=C\c2cc(Br)c(OC)c(OC)c2)c2ccc(C)cc2)cc1. The number of carbonyl (C=O) groups excluding carboxylic acids is 1. The molecule has 3 rings (SSSR count). The predicted octanol–water partition coefficient (Wildman–Crippen LogP) is 4.52. The molecule has 0 aliphatic carbocycles. The largest absolute Gasteiger partial charge is 0.494 e. The molecule has 0 aliphatic heterocycles. The Morgan fingerprint density at radius 2 is 1.73 bits per heavy atom. The highest BCUT2D eigenvalue weighted by Crippen LogP contribution is 2.35. The minimum Gasteiger partial charge on any atom is -0.494 e. The quantitative estimate of drug-likeness (QED) is 0.260. The zero-order chi connectivity index (χ0) is 27.0. The lowest BCUT2D eigenvalue weighted by molar-refractivity contribution is -0.119. The number of hydrogen-bond donors (Lipinski definition) is 1. The maximum Gasteiger partial charge on any atom is 0.264 e. The number of ether oxygens (including phenoxy) is 3. The molecule has 0 aliphatic rings. The molecule has 0 spiro atoms. The average molecular weight is 590 g/mol. The lowest BCUT2D eigenvalue weighted by atomic mass is 10.2. The summed E-state index contributed by atoms with van der Waals surface area (Å²) in [4.78, 5) is 12.8. The van der Waals surface area contributed by atoms with Crippen LogP contribution in [-0.2, 0) is 14.8 Å². The topological polar surface area (TPSA) is 107 Å². The Morgan fingerprint density at radius 3 is 2.32 bits per heavy atom. The highest BCUT2D eigenvalue weighted by atomic mass is 79.9. The fraction of sp³-hybridized carbons (Fsp3) is 0.231. The summed E-state index contributed by atoms with van der Waals surface area (Å²) in [6, 6.07) is 16.4. The van der Waals surface area contributed by atoms with Gasteiger partial charge >= 0.3 is 0 Å². The standard InChI is InChI=1S/C26H28BrN3O6S/c1-5-36-21-10-12-22(13-11-21)37(32,33)30(20-8-6-18(2)7-9-20)17-25(31)29-28-16-19-14-23(27)26(35-4)24(15-19)34-3/h6-16H,5,17H2,1-4H3,(H,29,31)/b28-16-. The molecule has 9 nitrogen and oxygen atoms in total. The van der Waals surface area contributed by atoms with Gasteiger partial charge in [0, 0.05) is 0 Å². The molecule has 0 aromatic heterocycles. The van der Waals surface area contributed by atoms with Gasteiger partial charge in [0.2, 0.25) is 0 Å². The van der Waals surface area contributed by atoms with E-state index in [1.54, 1.807) is 48.5 Å². The van der Waals surface area contributed by atoms with Gasteiger partial charge in [-0.3, -0.25) is 9.10 Å². The number of nitrogens with zero attached hydrogens (tertiary/aromatic N) is 2. The monoisotopic (exact) mass is 589 g/mol. The Morgan fingerprint density at radius 1 is 1.05 bits per heavy atom. The second kappa shape index (κ2) is 12.6. The summed E-state index contributed by atoms with van der Waals surface area (Å²) in [7, 11) is -1.03. The first-order valence-electron chi connectivity index (χ1n) is 11.2. The summed E-state index contributed by atoms with van der Waals surface area (Å²) in [5.41, 5.74) is 4.33. The molecule has 196 valence electrons. The molecule has 3 aromatic carbocycles. The molecule has 0 bridgehead atoms. The third-order valence-corrected chi connectivity index (χ3v) is 7.57. The van der Waals surface area contributed by atoms with E-state index in [2.05, 4.69) is 26.5 Å². The van der Waals surface area contributed by atoms with Crippen molar-refractivity contribution in [2.24, 2.45) is 5.10 Å². The van der Waals surface area contributed by atoms with Crippen LogP contribution in [0.1, 0.15) is 18.1 Å². The van der Waals surface area contributed by atoms with Crippen molar-refractivity contribution in [3.05, 3.63) is 76.3 Å². The number of benzene rings is 3. The first-order valence-corrected chi connectivity index (χ1v) is 13.5. The third-order valence-electron chi connectivity index (χ3n) is 5.19. The van der Waals surface area contributed by atoms with Crippen molar-refractivity contribution >= 4 is 43.8 Å². The molecule has 11 heteroatoms. The zero-order valence-electron chi connectivity index (χ0n) is 20.9. The maximum atomic E-state index is 13.5. The summed E-state index contributed by atoms with van der Waals surface area (Å²) in [6.45, 7) is 3.71. The van der Waals surface area contributed by atoms with Crippen molar-refractivity contribution in [1.29, 1.82) is 0 Å². The highest BCUT2D eigenvalue weighted by molar-refractivity contribution is 9.10. The molecule has 3 aromatic rings. The molecule has 0 saturated heterocycles. The molecule has 1 N–H and O–H groups in total. The average Bonchev–Trinajstić information content (AvgIpc) is 2.88. The number of anilines is 1. The van der Waals surface area contributed by atoms with E-state index in [0.717, 1.165) is 9.87 Å². The van der Waals surface area contributed by atoms with Crippen molar-refractivity contribution < 1.29 is 27.4 Å². The van der Waals surface area contributed by atoms with Gasteiger partial charge in [-0.1, -0.05) is 17.7 Å². The molecule has 0 saturated carbocycles. The number of methoxy groups -OCH3 is 2. The number of hydrazone groups is 1. The predicted molar refractivity (Wildman–Crippen MR) is 146 cm³/mol. The minimum absolute atomic E-state index is 0.0306. The Balaban J connectivity index is 1.83. The van der Waals surface area contributed by atoms with Crippen LogP contribution in [0.5, 0.6) is 17.2 Å². The fourth-order valence-electron chi connectivity index (χ4n) is 3.38. The summed E-state index contributed by atoms with van der Waals surface area (Å²) in [6.07, 6.45) is 1.42. The van der Waals surface area contributed by atoms with E-state index >= 15 is 0 Å². The Labute approximate surface area is 225 Å². The number of amides is 1. The number of sulfonamides is 1. The van der Waals surface area contributed by atoms with Gasteiger partial charge < -0.3 is 14.2 Å². The van der Waals surface area contributed by atoms with Gasteiger partial charge in [-0.2, -0.15) is 5.10 Å². The van der Waals surface area contributed by atoms with Gasteiger partial charge in [0.05, 0.1) is 42.1 Å². The van der Waals surface area contributed by atoms with Crippen molar-refractivity contribution in [2.45, 2.75) is 18.7 Å². The third kappa shape index (κ3) is 7.01. The van der Waals surface area contributed by atoms with Crippen LogP contribution in [0.3, 0.4) is 0 Å². The lowest BCUT2D eigenvalue weighted by Gasteiger charge is -2.24. The molecule has 0 radical (unpaired) electrons. The molecule has 37 heavy (non-hydrogen) atoms. The number of halogens is 1. The second-order valence-electron chi connectivity index (χ2n) is 7.78. The van der Waals surface area contributed by atoms with Crippen molar-refractivity contribution in [3.63, 3.8) is 0 Å². The molecule has 0 atom stereocenters. The van der Waals surface area contributed by atoms with E-state index in [1.165, 1.54) is 32.6 Å². The maximum absolute atomic E-state index is 13.5. The molecule has 0 fully saturated rings. The van der Waals surface area contributed by atoms with Crippen LogP contribution < -0.4 is 23.9 Å². The number of nitrogens with one attached hydrogen (secondary N) is 1. The number of hydrogen-bond acceptors (Lipinski definition) is 7. The summed E-state index contributed by atoms with van der Waals surface area (Å²) in [5.74, 6) is 0.941. The second-order valence-corrected chi connectivity index (χ2v) is 10.5. The van der Waals surface area contributed by atoms with Crippen LogP contribution >= 0.6 is 15.9 Å². The molecular formula is C26H28BrN3O6S. The van der Waals surface area contributed by atoms with Gasteiger partial charge in [-0.25, -0.2) is 13.8 Å². The van der Waals surface area contributed by atoms with Gasteiger partial charge in [-0.15, -0.1) is 0 Å². The smallest absolute Gasteiger partial charge is 0.264 e. The lowest BCUT2D eigenvalue weighted by Crippen LogP contribution is -2.39. The van der Waals surface area contributed by atoms with Crippen LogP contribution in [0, 0.1) is 6.92 Å². The van der Waals surface area contributed by atoms with Gasteiger partial charge in [-0.05, 0) is 83.9 Å². The van der Waals surface area contributed by atoms with Crippen LogP contribution in [0.4, 0.5) is 5.69 Å². The van der Waals surface area contributed by atoms with Gasteiger partial charge in [0.15, 0.2) is 11.5 Å². The van der Waals surface area contributed by atoms with E-state index in [0.29, 0.717) is 39.6 Å². The normalized spacial score (nSPS) is 11.3. The van der Waals surface area contributed by atoms with Crippen molar-refractivity contribution in [2.75, 3.05) is 31.7 Å². The number of aryl methyl sites for hydroxylation is 1. The Kier molecular flexibility index (Phi) is 9.54. The number of carbonyl (C=O) groups is 1. The molecular weight excluding hydrogens is 562 g/mol. The summed E-state index contributed by atoms with van der Waals surface area (Å²) < 4.78 is 44.7. The van der Waals surface area contributed by atoms with Crippen LogP contribution in [-0.4, -0.2) is 47.9 Å². The van der Waals surface area contributed by atoms with Crippen LogP contribution in [0.25, 0.3) is 0 Å². The van der Waals surface area contributed by atoms with E-state index < -0.39 is 22.5 Å². The Hall–Kier alpha value is -3.57. The highest BCUT2D eigenvalue weighted by Gasteiger charge is 2.27. The first kappa shape index (κ1) is 28.0. The minimum atomic E-state index is -4.06. The van der Waals surface area contributed by atoms with Crippen molar-refractivity contribution in [3.8, 4) is 17.2 Å². The molecule has 1 amide bonds. The fourth-order valence-corrected chi connectivity index (χ4v) is 5.43. The van der Waals surface area contributed by atoms with Crippen molar-refractivity contribution in [1.82, 2.24) is 5.43 Å². The summed E-state index contributed by atoms with van der Waals surface area (Å²) in [5, 5.41) is 3.98. The van der Waals surface area contributed by atoms with Gasteiger partial charge in [0.1, 0.15) is 12.3 Å². The summed E-state index contributed by atoms with van der Waals surface area (Å²) >= 11 is 3.41. The van der Waals surface area contributed by atoms with E-state index in [1.807, 2.05) is 13.8 Å². The zero-order valence-corrected chi connectivity index (χ0v) is 23.3. The van der Waals surface area contributed by atoms with Crippen LogP contribution in [0.2, 0.25) is 0 Å². The van der Waals surface area contributed by atoms with E-state index in [9.17, 15) is 13.2 Å². The van der Waals surface area contributed by atoms with Gasteiger partial charge in [0.25, 0.3) is 15.9 Å². The molecule has 0 heterocycles. The van der Waals surface area contributed by atoms with Crippen LogP contribution in [0.15, 0.2) is 75.1 Å². The first-order chi connectivity index (χ1) is 17.7. The Bertz CT molecular complexity index is 1360. The van der Waals surface area contributed by atoms with E-state index in [4.69, 9.17) is 14.2 Å². The van der Waals surface area contributed by atoms with E-state index in [-0.39, 0.29) is 4.90 Å².